The van der Waals surface area contributed by atoms with Crippen LogP contribution in [0.3, 0.4) is 0 Å². The summed E-state index contributed by atoms with van der Waals surface area (Å²) in [6, 6.07) is 2.60. The van der Waals surface area contributed by atoms with Crippen molar-refractivity contribution in [1.82, 2.24) is 9.97 Å². The van der Waals surface area contributed by atoms with Gasteiger partial charge < -0.3 is 10.1 Å². The maximum atomic E-state index is 13.1. The Morgan fingerprint density at radius 3 is 2.56 bits per heavy atom. The Balaban J connectivity index is 2.47. The second-order valence-electron chi connectivity index (χ2n) is 3.61. The molecule has 0 spiro atoms. The molecule has 0 aliphatic heterocycles. The molecule has 7 heteroatoms. The Morgan fingerprint density at radius 2 is 2.00 bits per heavy atom. The fourth-order valence-corrected chi connectivity index (χ4v) is 1.48. The predicted molar refractivity (Wildman–Crippen MR) is 54.9 cm³/mol. The topological polar surface area (TPSA) is 48.9 Å². The van der Waals surface area contributed by atoms with Crippen molar-refractivity contribution in [2.75, 3.05) is 0 Å². The number of nitrogens with zero attached hydrogens (tertiary/aromatic N) is 1. The molecule has 3 nitrogen and oxygen atoms in total. The van der Waals surface area contributed by atoms with Gasteiger partial charge in [-0.25, -0.2) is 9.37 Å². The third kappa shape index (κ3) is 2.35. The number of imidazole rings is 1. The molecule has 0 radical (unpaired) electrons. The Labute approximate surface area is 99.1 Å². The third-order valence-electron chi connectivity index (χ3n) is 2.34. The molecule has 0 saturated heterocycles. The highest BCUT2D eigenvalue weighted by atomic mass is 19.4. The first-order valence-electron chi connectivity index (χ1n) is 4.93. The number of aromatic nitrogens is 2. The molecule has 0 saturated carbocycles. The van der Waals surface area contributed by atoms with E-state index in [4.69, 9.17) is 5.11 Å². The van der Waals surface area contributed by atoms with Crippen molar-refractivity contribution in [3.63, 3.8) is 0 Å². The van der Waals surface area contributed by atoms with E-state index in [0.29, 0.717) is 11.8 Å². The van der Waals surface area contributed by atoms with Gasteiger partial charge in [0.2, 0.25) is 0 Å². The molecular weight excluding hydrogens is 252 g/mol. The van der Waals surface area contributed by atoms with E-state index in [2.05, 4.69) is 9.97 Å². The van der Waals surface area contributed by atoms with Crippen LogP contribution in [0.25, 0.3) is 11.4 Å². The van der Waals surface area contributed by atoms with Crippen molar-refractivity contribution in [3.05, 3.63) is 41.5 Å². The summed E-state index contributed by atoms with van der Waals surface area (Å²) in [7, 11) is 0. The summed E-state index contributed by atoms with van der Waals surface area (Å²) < 4.78 is 50.6. The van der Waals surface area contributed by atoms with Gasteiger partial charge in [0.15, 0.2) is 0 Å². The van der Waals surface area contributed by atoms with Crippen LogP contribution >= 0.6 is 0 Å². The number of hydrogen-bond acceptors (Lipinski definition) is 2. The second-order valence-corrected chi connectivity index (χ2v) is 3.61. The van der Waals surface area contributed by atoms with Gasteiger partial charge in [-0.3, -0.25) is 0 Å². The maximum absolute atomic E-state index is 13.1. The minimum Gasteiger partial charge on any atom is -0.390 e. The normalized spacial score (nSPS) is 11.8. The van der Waals surface area contributed by atoms with E-state index in [9.17, 15) is 17.6 Å². The second kappa shape index (κ2) is 4.41. The number of alkyl halides is 3. The lowest BCUT2D eigenvalue weighted by Gasteiger charge is -2.08. The third-order valence-corrected chi connectivity index (χ3v) is 2.34. The molecule has 0 bridgehead atoms. The largest absolute Gasteiger partial charge is 0.419 e. The molecule has 0 aliphatic rings. The highest BCUT2D eigenvalue weighted by Crippen LogP contribution is 2.33. The lowest BCUT2D eigenvalue weighted by atomic mass is 10.1. The fourth-order valence-electron chi connectivity index (χ4n) is 1.48. The van der Waals surface area contributed by atoms with E-state index >= 15 is 0 Å². The summed E-state index contributed by atoms with van der Waals surface area (Å²) in [6.45, 7) is -0.305. The molecule has 0 fully saturated rings. The van der Waals surface area contributed by atoms with E-state index < -0.39 is 17.6 Å². The molecule has 2 aromatic rings. The number of aromatic amines is 1. The van der Waals surface area contributed by atoms with E-state index in [1.165, 1.54) is 12.3 Å². The SMILES string of the molecule is OCc1cnc(-c2ccc(F)c(C(F)(F)F)c2)[nH]1. The van der Waals surface area contributed by atoms with Gasteiger partial charge in [0.25, 0.3) is 0 Å². The summed E-state index contributed by atoms with van der Waals surface area (Å²) in [4.78, 5) is 6.43. The lowest BCUT2D eigenvalue weighted by Crippen LogP contribution is -2.08. The van der Waals surface area contributed by atoms with Crippen LogP contribution in [-0.2, 0) is 12.8 Å². The average Bonchev–Trinajstić information content (AvgIpc) is 2.76. The molecule has 1 aromatic carbocycles. The zero-order valence-electron chi connectivity index (χ0n) is 8.92. The van der Waals surface area contributed by atoms with Gasteiger partial charge >= 0.3 is 6.18 Å². The van der Waals surface area contributed by atoms with Crippen LogP contribution in [0.4, 0.5) is 17.6 Å². The standard InChI is InChI=1S/C11H8F4N2O/c12-9-2-1-6(3-8(9)11(13,14)15)10-16-4-7(5-18)17-10/h1-4,18H,5H2,(H,16,17). The first-order valence-corrected chi connectivity index (χ1v) is 4.93. The van der Waals surface area contributed by atoms with Crippen LogP contribution in [0.1, 0.15) is 11.3 Å². The zero-order chi connectivity index (χ0) is 13.3. The van der Waals surface area contributed by atoms with Crippen LogP contribution in [0.5, 0.6) is 0 Å². The predicted octanol–water partition coefficient (Wildman–Crippen LogP) is 2.73. The van der Waals surface area contributed by atoms with Crippen molar-refractivity contribution >= 4 is 0 Å². The van der Waals surface area contributed by atoms with Crippen LogP contribution in [-0.4, -0.2) is 15.1 Å². The summed E-state index contributed by atoms with van der Waals surface area (Å²) in [5.74, 6) is -1.19. The monoisotopic (exact) mass is 260 g/mol. The highest BCUT2D eigenvalue weighted by molar-refractivity contribution is 5.57. The molecule has 1 heterocycles. The first-order chi connectivity index (χ1) is 8.41. The first kappa shape index (κ1) is 12.6. The van der Waals surface area contributed by atoms with Crippen molar-refractivity contribution in [1.29, 1.82) is 0 Å². The quantitative estimate of drug-likeness (QED) is 0.815. The number of aliphatic hydroxyl groups excluding tert-OH is 1. The van der Waals surface area contributed by atoms with Gasteiger partial charge in [-0.1, -0.05) is 0 Å². The Hall–Kier alpha value is -1.89. The average molecular weight is 260 g/mol. The van der Waals surface area contributed by atoms with Crippen LogP contribution in [0, 0.1) is 5.82 Å². The van der Waals surface area contributed by atoms with Crippen LogP contribution < -0.4 is 0 Å². The van der Waals surface area contributed by atoms with Gasteiger partial charge in [-0.05, 0) is 18.2 Å². The van der Waals surface area contributed by atoms with Crippen LogP contribution in [0.2, 0.25) is 0 Å². The molecular formula is C11H8F4N2O. The van der Waals surface area contributed by atoms with E-state index in [-0.39, 0.29) is 18.0 Å². The Kier molecular flexibility index (Phi) is 3.08. The van der Waals surface area contributed by atoms with Crippen molar-refractivity contribution in [2.45, 2.75) is 12.8 Å². The molecule has 0 unspecified atom stereocenters. The maximum Gasteiger partial charge on any atom is 0.419 e. The molecule has 1 aromatic heterocycles. The summed E-state index contributed by atoms with van der Waals surface area (Å²) in [5.41, 5.74) is -0.881. The Bertz CT molecular complexity index is 562. The van der Waals surface area contributed by atoms with E-state index in [1.807, 2.05) is 0 Å². The molecule has 0 amide bonds. The summed E-state index contributed by atoms with van der Waals surface area (Å²) in [6.07, 6.45) is -3.46. The molecule has 18 heavy (non-hydrogen) atoms. The minimum absolute atomic E-state index is 0.100. The molecule has 0 atom stereocenters. The lowest BCUT2D eigenvalue weighted by molar-refractivity contribution is -0.139. The molecule has 0 aliphatic carbocycles. The highest BCUT2D eigenvalue weighted by Gasteiger charge is 2.34. The molecule has 2 N–H and O–H groups in total. The Morgan fingerprint density at radius 1 is 1.28 bits per heavy atom. The van der Waals surface area contributed by atoms with Crippen molar-refractivity contribution in [3.8, 4) is 11.4 Å². The molecule has 2 rings (SSSR count). The number of hydrogen-bond donors (Lipinski definition) is 2. The van der Waals surface area contributed by atoms with E-state index in [0.717, 1.165) is 6.07 Å². The van der Waals surface area contributed by atoms with Gasteiger partial charge in [0, 0.05) is 5.56 Å². The number of nitrogens with one attached hydrogen (secondary N) is 1. The molecule has 96 valence electrons. The van der Waals surface area contributed by atoms with Gasteiger partial charge in [0.05, 0.1) is 24.1 Å². The van der Waals surface area contributed by atoms with Gasteiger partial charge in [0.1, 0.15) is 11.6 Å². The number of halogens is 4. The zero-order valence-corrected chi connectivity index (χ0v) is 8.92. The van der Waals surface area contributed by atoms with Crippen LogP contribution in [0.15, 0.2) is 24.4 Å². The summed E-state index contributed by atoms with van der Waals surface area (Å²) >= 11 is 0. The number of aliphatic hydroxyl groups is 1. The van der Waals surface area contributed by atoms with Gasteiger partial charge in [-0.15, -0.1) is 0 Å². The van der Waals surface area contributed by atoms with Crippen molar-refractivity contribution in [2.24, 2.45) is 0 Å². The minimum atomic E-state index is -4.76. The van der Waals surface area contributed by atoms with Crippen molar-refractivity contribution < 1.29 is 22.7 Å². The fraction of sp³-hybridized carbons (Fsp3) is 0.182. The number of rotatable bonds is 2. The smallest absolute Gasteiger partial charge is 0.390 e. The van der Waals surface area contributed by atoms with Gasteiger partial charge in [-0.2, -0.15) is 13.2 Å². The number of H-pyrrole nitrogens is 1. The van der Waals surface area contributed by atoms with E-state index in [1.54, 1.807) is 0 Å². The summed E-state index contributed by atoms with van der Waals surface area (Å²) in [5, 5.41) is 8.81. The number of benzene rings is 1.